The van der Waals surface area contributed by atoms with Gasteiger partial charge in [-0.2, -0.15) is 18.3 Å². The van der Waals surface area contributed by atoms with Crippen LogP contribution in [-0.2, 0) is 17.6 Å². The Labute approximate surface area is 392 Å². The third kappa shape index (κ3) is 10.4. The molecule has 6 heterocycles. The molecule has 0 amide bonds. The van der Waals surface area contributed by atoms with Crippen LogP contribution in [0.5, 0.6) is 11.5 Å². The van der Waals surface area contributed by atoms with E-state index in [1.165, 1.54) is 33.7 Å². The minimum absolute atomic E-state index is 0.0659. The lowest BCUT2D eigenvalue weighted by Crippen LogP contribution is -2.61. The lowest BCUT2D eigenvalue weighted by molar-refractivity contribution is -0.137. The molecule has 3 aromatic heterocycles. The Hall–Kier alpha value is -5.89. The molecule has 68 heavy (non-hydrogen) atoms. The van der Waals surface area contributed by atoms with Gasteiger partial charge in [-0.3, -0.25) is 18.8 Å². The predicted molar refractivity (Wildman–Crippen MR) is 257 cm³/mol. The molecule has 19 heteroatoms. The Balaban J connectivity index is 0.768. The first-order valence-electron chi connectivity index (χ1n) is 23.4. The second kappa shape index (κ2) is 19.6. The van der Waals surface area contributed by atoms with Gasteiger partial charge in [0, 0.05) is 64.2 Å². The van der Waals surface area contributed by atoms with E-state index in [1.807, 2.05) is 30.3 Å². The van der Waals surface area contributed by atoms with Crippen LogP contribution < -0.4 is 26.6 Å². The zero-order valence-corrected chi connectivity index (χ0v) is 39.6. The molecule has 9 rings (SSSR count). The Morgan fingerprint density at radius 1 is 0.853 bits per heavy atom. The molecule has 3 fully saturated rings. The van der Waals surface area contributed by atoms with E-state index in [2.05, 4.69) is 44.5 Å². The van der Waals surface area contributed by atoms with Crippen molar-refractivity contribution in [2.75, 3.05) is 63.1 Å². The molecule has 2 atom stereocenters. The average Bonchev–Trinajstić information content (AvgIpc) is 3.59. The fraction of sp³-hybridized carbons (Fsp3) is 0.449. The van der Waals surface area contributed by atoms with Gasteiger partial charge in [0.15, 0.2) is 11.5 Å². The zero-order valence-electron chi connectivity index (χ0n) is 38.6. The summed E-state index contributed by atoms with van der Waals surface area (Å²) >= 11 is 0. The third-order valence-electron chi connectivity index (χ3n) is 13.6. The number of nitrogens with zero attached hydrogens (tertiary/aromatic N) is 9. The molecule has 14 nitrogen and oxygen atoms in total. The first-order valence-corrected chi connectivity index (χ1v) is 27.1. The van der Waals surface area contributed by atoms with Crippen LogP contribution in [0.1, 0.15) is 37.3 Å². The summed E-state index contributed by atoms with van der Waals surface area (Å²) in [5.74, 6) is 1.84. The molecule has 360 valence electrons. The number of para-hydroxylation sites is 1. The van der Waals surface area contributed by atoms with Gasteiger partial charge in [-0.15, -0.1) is 0 Å². The fourth-order valence-corrected chi connectivity index (χ4v) is 10.4. The van der Waals surface area contributed by atoms with Gasteiger partial charge < -0.3 is 25.0 Å². The first kappa shape index (κ1) is 47.2. The van der Waals surface area contributed by atoms with Crippen molar-refractivity contribution in [2.45, 2.75) is 82.5 Å². The van der Waals surface area contributed by atoms with E-state index in [1.54, 1.807) is 35.2 Å². The Morgan fingerprint density at radius 3 is 2.29 bits per heavy atom. The molecular weight excluding hydrogens is 897 g/mol. The second-order valence-electron chi connectivity index (χ2n) is 19.5. The number of nitrogen functional groups attached to an aromatic ring is 1. The van der Waals surface area contributed by atoms with Gasteiger partial charge in [-0.25, -0.2) is 23.8 Å². The van der Waals surface area contributed by atoms with Crippen molar-refractivity contribution >= 4 is 30.7 Å². The summed E-state index contributed by atoms with van der Waals surface area (Å²) in [4.78, 5) is 41.5. The third-order valence-corrected chi connectivity index (χ3v) is 15.3. The fourth-order valence-electron chi connectivity index (χ4n) is 9.62. The van der Waals surface area contributed by atoms with E-state index in [9.17, 15) is 22.8 Å². The number of nitrogens with two attached hydrogens (primary N) is 1. The maximum Gasteiger partial charge on any atom is 0.418 e. The molecule has 3 aliphatic heterocycles. The summed E-state index contributed by atoms with van der Waals surface area (Å²) in [5, 5.41) is 4.34. The molecule has 0 unspecified atom stereocenters. The van der Waals surface area contributed by atoms with Gasteiger partial charge in [0.05, 0.1) is 23.0 Å². The number of aromatic nitrogens is 6. The number of anilines is 2. The summed E-state index contributed by atoms with van der Waals surface area (Å²) in [6, 6.07) is 23.7. The van der Waals surface area contributed by atoms with Gasteiger partial charge in [0.25, 0.3) is 5.56 Å². The van der Waals surface area contributed by atoms with E-state index >= 15 is 4.39 Å². The van der Waals surface area contributed by atoms with Crippen molar-refractivity contribution < 1.29 is 27.0 Å². The van der Waals surface area contributed by atoms with Gasteiger partial charge in [0.2, 0.25) is 0 Å². The molecule has 0 saturated carbocycles. The van der Waals surface area contributed by atoms with E-state index < -0.39 is 37.7 Å². The minimum Gasteiger partial charge on any atom is -0.457 e. The van der Waals surface area contributed by atoms with E-state index in [0.29, 0.717) is 61.3 Å². The monoisotopic (exact) mass is 954 g/mol. The number of alkyl halides is 4. The Kier molecular flexibility index (Phi) is 13.6. The van der Waals surface area contributed by atoms with Crippen LogP contribution in [0.15, 0.2) is 101 Å². The van der Waals surface area contributed by atoms with Crippen LogP contribution in [0.25, 0.3) is 28.1 Å². The average molecular weight is 955 g/mol. The van der Waals surface area contributed by atoms with Crippen LogP contribution in [0.2, 0.25) is 25.7 Å². The van der Waals surface area contributed by atoms with Crippen molar-refractivity contribution in [3.63, 3.8) is 0 Å². The molecule has 0 spiro atoms. The van der Waals surface area contributed by atoms with Crippen molar-refractivity contribution in [3.8, 4) is 28.4 Å². The molecule has 0 radical (unpaired) electrons. The van der Waals surface area contributed by atoms with Crippen LogP contribution in [0.4, 0.5) is 29.1 Å². The quantitative estimate of drug-likeness (QED) is 0.0607. The second-order valence-corrected chi connectivity index (χ2v) is 25.1. The highest BCUT2D eigenvalue weighted by atomic mass is 28.3. The zero-order chi connectivity index (χ0) is 47.7. The summed E-state index contributed by atoms with van der Waals surface area (Å²) < 4.78 is 75.6. The van der Waals surface area contributed by atoms with E-state index in [-0.39, 0.29) is 53.3 Å². The van der Waals surface area contributed by atoms with Gasteiger partial charge >= 0.3 is 11.9 Å². The van der Waals surface area contributed by atoms with Gasteiger partial charge in [-0.05, 0) is 112 Å². The van der Waals surface area contributed by atoms with Crippen LogP contribution in [0.3, 0.4) is 0 Å². The van der Waals surface area contributed by atoms with Crippen LogP contribution in [0, 0.1) is 5.92 Å². The van der Waals surface area contributed by atoms with E-state index in [4.69, 9.17) is 15.2 Å². The van der Waals surface area contributed by atoms with Crippen molar-refractivity contribution in [1.29, 1.82) is 0 Å². The van der Waals surface area contributed by atoms with Crippen LogP contribution >= 0.6 is 0 Å². The number of hydrogen-bond acceptors (Lipinski definition) is 11. The van der Waals surface area contributed by atoms with Crippen LogP contribution in [-0.4, -0.2) is 111 Å². The Bertz CT molecular complexity index is 2820. The number of benzene rings is 3. The number of ether oxygens (including phenoxy) is 2. The number of piperidine rings is 2. The molecule has 3 aromatic carbocycles. The maximum absolute atomic E-state index is 16.3. The number of likely N-dealkylation sites (tertiary alicyclic amines) is 2. The highest BCUT2D eigenvalue weighted by molar-refractivity contribution is 6.76. The smallest absolute Gasteiger partial charge is 0.418 e. The number of rotatable bonds is 15. The van der Waals surface area contributed by atoms with Crippen molar-refractivity contribution in [3.05, 3.63) is 118 Å². The SMILES string of the molecule is C[Si](C)(C)CCOCn1nc(-c2ccc(N3CC(N4CCC(CCN5CC[C@@H](n6c(=O)n(-c7ccc(Oc8ccccc8)cc7)c7c(N)ncnc76)[C@@H](F)C5)CC4)C3)c(C(F)(F)F)c2)ccc1=O. The van der Waals surface area contributed by atoms with Crippen molar-refractivity contribution in [1.82, 2.24) is 38.7 Å². The predicted octanol–water partition coefficient (Wildman–Crippen LogP) is 8.09. The minimum atomic E-state index is -4.59. The van der Waals surface area contributed by atoms with Gasteiger partial charge in [0.1, 0.15) is 36.2 Å². The molecule has 3 saturated heterocycles. The Morgan fingerprint density at radius 2 is 1.59 bits per heavy atom. The molecule has 6 aromatic rings. The molecule has 0 aliphatic carbocycles. The lowest BCUT2D eigenvalue weighted by Gasteiger charge is -2.49. The lowest BCUT2D eigenvalue weighted by atomic mass is 9.90. The summed E-state index contributed by atoms with van der Waals surface area (Å²) in [7, 11) is -1.34. The van der Waals surface area contributed by atoms with Gasteiger partial charge in [-0.1, -0.05) is 43.9 Å². The number of fused-ring (bicyclic) bond motifs is 1. The maximum atomic E-state index is 16.3. The molecule has 3 aliphatic rings. The molecule has 2 N–H and O–H groups in total. The number of halogens is 4. The molecular formula is C49H58F4N10O4Si. The topological polar surface area (TPSA) is 142 Å². The highest BCUT2D eigenvalue weighted by Gasteiger charge is 2.41. The van der Waals surface area contributed by atoms with Crippen molar-refractivity contribution in [2.24, 2.45) is 5.92 Å². The normalized spacial score (nSPS) is 19.1. The number of hydrogen-bond donors (Lipinski definition) is 1. The standard InChI is InChI=1S/C49H58F4N10O4Si/c1-68(2,3)26-25-66-32-61-44(64)16-14-41(57-61)34-9-15-42(39(27-34)49(51,52)53)60-28-36(29-60)59-23-18-33(19-24-59)17-21-58-22-20-43(40(50)30-58)63-47-45(46(54)55-31-56-47)62(48(63)65)35-10-12-38(13-11-35)67-37-7-5-4-6-8-37/h4-16,27,31,33,36,40,43H,17-26,28-30,32H2,1-3H3,(H2,54,55,56)/t40-,43+/m0/s1. The number of imidazole rings is 1. The summed E-state index contributed by atoms with van der Waals surface area (Å²) in [5.41, 5.74) is 6.61. The summed E-state index contributed by atoms with van der Waals surface area (Å²) in [6.07, 6.45) is -1.36. The summed E-state index contributed by atoms with van der Waals surface area (Å²) in [6.45, 7) is 11.3. The molecule has 0 bridgehead atoms. The first-order chi connectivity index (χ1) is 32.6. The van der Waals surface area contributed by atoms with E-state index in [0.717, 1.165) is 55.7 Å². The largest absolute Gasteiger partial charge is 0.457 e. The highest BCUT2D eigenvalue weighted by Crippen LogP contribution is 2.41.